The first-order chi connectivity index (χ1) is 11.5. The number of hydrogen-bond donors (Lipinski definition) is 1. The lowest BCUT2D eigenvalue weighted by Gasteiger charge is -2.12. The number of hydrogen-bond acceptors (Lipinski definition) is 2. The van der Waals surface area contributed by atoms with Crippen LogP contribution in [0, 0.1) is 5.82 Å². The molecule has 0 bridgehead atoms. The fraction of sp³-hybridized carbons (Fsp3) is 0.250. The molecule has 0 aliphatic carbocycles. The fourth-order valence-electron chi connectivity index (χ4n) is 2.20. The first-order valence-corrected chi connectivity index (χ1v) is 9.46. The molecule has 2 aromatic carbocycles. The summed E-state index contributed by atoms with van der Waals surface area (Å²) in [7, 11) is -3.93. The lowest BCUT2D eigenvalue weighted by Crippen LogP contribution is -2.25. The Kier molecular flexibility index (Phi) is 5.90. The number of benzene rings is 2. The molecule has 0 atom stereocenters. The number of sulfonamides is 1. The van der Waals surface area contributed by atoms with Crippen LogP contribution in [0.4, 0.5) is 17.6 Å². The lowest BCUT2D eigenvalue weighted by atomic mass is 10.1. The standard InChI is InChI=1S/C16H14BrF4NO2S/c1-2-10-7-13(17)5-6-15(10)25(23,24)22-9-11-3-4-12(8-14(11)18)16(19,20)21/h3-8,22H,2,9H2,1H3. The quantitative estimate of drug-likeness (QED) is 0.689. The van der Waals surface area contributed by atoms with Crippen molar-refractivity contribution in [3.63, 3.8) is 0 Å². The summed E-state index contributed by atoms with van der Waals surface area (Å²) in [4.78, 5) is 0.0468. The molecule has 0 heterocycles. The minimum atomic E-state index is -4.66. The average molecular weight is 440 g/mol. The van der Waals surface area contributed by atoms with E-state index in [4.69, 9.17) is 0 Å². The Labute approximate surface area is 151 Å². The minimum absolute atomic E-state index is 0.0468. The normalized spacial score (nSPS) is 12.4. The Bertz CT molecular complexity index is 882. The van der Waals surface area contributed by atoms with E-state index in [0.717, 1.165) is 10.5 Å². The van der Waals surface area contributed by atoms with E-state index in [1.54, 1.807) is 19.1 Å². The topological polar surface area (TPSA) is 46.2 Å². The summed E-state index contributed by atoms with van der Waals surface area (Å²) in [6.07, 6.45) is -4.20. The predicted octanol–water partition coefficient (Wildman–Crippen LogP) is 4.65. The van der Waals surface area contributed by atoms with Crippen molar-refractivity contribution in [3.8, 4) is 0 Å². The summed E-state index contributed by atoms with van der Waals surface area (Å²) in [5.74, 6) is -1.12. The minimum Gasteiger partial charge on any atom is -0.207 e. The molecule has 0 amide bonds. The maximum absolute atomic E-state index is 13.8. The summed E-state index contributed by atoms with van der Waals surface area (Å²) in [6, 6.07) is 6.61. The highest BCUT2D eigenvalue weighted by molar-refractivity contribution is 9.10. The number of aryl methyl sites for hydroxylation is 1. The Morgan fingerprint density at radius 2 is 1.76 bits per heavy atom. The molecule has 2 rings (SSSR count). The molecule has 3 nitrogen and oxygen atoms in total. The van der Waals surface area contributed by atoms with Crippen LogP contribution in [0.2, 0.25) is 0 Å². The molecular formula is C16H14BrF4NO2S. The van der Waals surface area contributed by atoms with Gasteiger partial charge in [-0.05, 0) is 42.3 Å². The van der Waals surface area contributed by atoms with Crippen LogP contribution in [0.15, 0.2) is 45.8 Å². The van der Waals surface area contributed by atoms with Gasteiger partial charge < -0.3 is 0 Å². The average Bonchev–Trinajstić information content (AvgIpc) is 2.52. The number of alkyl halides is 3. The van der Waals surface area contributed by atoms with Gasteiger partial charge in [-0.2, -0.15) is 13.2 Å². The Morgan fingerprint density at radius 1 is 1.08 bits per heavy atom. The zero-order valence-corrected chi connectivity index (χ0v) is 15.4. The Balaban J connectivity index is 2.23. The zero-order chi connectivity index (χ0) is 18.8. The molecule has 0 aliphatic rings. The molecule has 0 aliphatic heterocycles. The predicted molar refractivity (Wildman–Crippen MR) is 88.9 cm³/mol. The van der Waals surface area contributed by atoms with Gasteiger partial charge in [0.15, 0.2) is 0 Å². The molecule has 0 unspecified atom stereocenters. The summed E-state index contributed by atoms with van der Waals surface area (Å²) in [5, 5.41) is 0. The second-order valence-corrected chi connectivity index (χ2v) is 7.89. The molecule has 0 radical (unpaired) electrons. The molecular weight excluding hydrogens is 426 g/mol. The molecule has 0 fully saturated rings. The zero-order valence-electron chi connectivity index (χ0n) is 13.0. The van der Waals surface area contributed by atoms with Gasteiger partial charge in [-0.1, -0.05) is 28.9 Å². The van der Waals surface area contributed by atoms with E-state index in [2.05, 4.69) is 20.7 Å². The molecule has 136 valence electrons. The molecule has 1 N–H and O–H groups in total. The van der Waals surface area contributed by atoms with Crippen LogP contribution in [0.25, 0.3) is 0 Å². The van der Waals surface area contributed by atoms with Gasteiger partial charge in [-0.3, -0.25) is 0 Å². The van der Waals surface area contributed by atoms with E-state index in [-0.39, 0.29) is 10.5 Å². The van der Waals surface area contributed by atoms with Crippen molar-refractivity contribution in [1.82, 2.24) is 4.72 Å². The van der Waals surface area contributed by atoms with Crippen LogP contribution in [-0.4, -0.2) is 8.42 Å². The van der Waals surface area contributed by atoms with Crippen molar-refractivity contribution in [2.24, 2.45) is 0 Å². The van der Waals surface area contributed by atoms with Crippen LogP contribution in [0.3, 0.4) is 0 Å². The van der Waals surface area contributed by atoms with Crippen molar-refractivity contribution in [2.75, 3.05) is 0 Å². The lowest BCUT2D eigenvalue weighted by molar-refractivity contribution is -0.137. The largest absolute Gasteiger partial charge is 0.416 e. The van der Waals surface area contributed by atoms with Crippen molar-refractivity contribution in [2.45, 2.75) is 31.0 Å². The molecule has 0 saturated heterocycles. The van der Waals surface area contributed by atoms with Crippen molar-refractivity contribution >= 4 is 26.0 Å². The van der Waals surface area contributed by atoms with Crippen LogP contribution in [0.5, 0.6) is 0 Å². The third kappa shape index (κ3) is 4.80. The van der Waals surface area contributed by atoms with E-state index in [0.29, 0.717) is 24.1 Å². The highest BCUT2D eigenvalue weighted by Gasteiger charge is 2.31. The van der Waals surface area contributed by atoms with E-state index in [1.165, 1.54) is 6.07 Å². The second-order valence-electron chi connectivity index (χ2n) is 5.23. The Hall–Kier alpha value is -1.45. The number of nitrogens with one attached hydrogen (secondary N) is 1. The summed E-state index contributed by atoms with van der Waals surface area (Å²) < 4.78 is 79.2. The van der Waals surface area contributed by atoms with Crippen LogP contribution in [0.1, 0.15) is 23.6 Å². The van der Waals surface area contributed by atoms with E-state index < -0.39 is 34.1 Å². The van der Waals surface area contributed by atoms with Gasteiger partial charge in [0.25, 0.3) is 0 Å². The maximum atomic E-state index is 13.8. The fourth-order valence-corrected chi connectivity index (χ4v) is 3.91. The first-order valence-electron chi connectivity index (χ1n) is 7.18. The molecule has 9 heteroatoms. The van der Waals surface area contributed by atoms with Gasteiger partial charge in [0, 0.05) is 16.6 Å². The van der Waals surface area contributed by atoms with Crippen molar-refractivity contribution in [1.29, 1.82) is 0 Å². The number of halogens is 5. The summed E-state index contributed by atoms with van der Waals surface area (Å²) in [5.41, 5.74) is -0.737. The van der Waals surface area contributed by atoms with Crippen LogP contribution < -0.4 is 4.72 Å². The van der Waals surface area contributed by atoms with Crippen molar-refractivity contribution in [3.05, 3.63) is 63.4 Å². The molecule has 25 heavy (non-hydrogen) atoms. The van der Waals surface area contributed by atoms with Crippen LogP contribution >= 0.6 is 15.9 Å². The van der Waals surface area contributed by atoms with E-state index in [9.17, 15) is 26.0 Å². The van der Waals surface area contributed by atoms with E-state index >= 15 is 0 Å². The second kappa shape index (κ2) is 7.43. The monoisotopic (exact) mass is 439 g/mol. The molecule has 0 saturated carbocycles. The van der Waals surface area contributed by atoms with Gasteiger partial charge in [-0.25, -0.2) is 17.5 Å². The first kappa shape index (κ1) is 19.9. The SMILES string of the molecule is CCc1cc(Br)ccc1S(=O)(=O)NCc1ccc(C(F)(F)F)cc1F. The number of rotatable bonds is 5. The van der Waals surface area contributed by atoms with Gasteiger partial charge in [0.05, 0.1) is 10.5 Å². The van der Waals surface area contributed by atoms with Crippen LogP contribution in [-0.2, 0) is 29.2 Å². The van der Waals surface area contributed by atoms with Gasteiger partial charge in [-0.15, -0.1) is 0 Å². The highest BCUT2D eigenvalue weighted by Crippen LogP contribution is 2.30. The summed E-state index contributed by atoms with van der Waals surface area (Å²) in [6.45, 7) is 1.34. The summed E-state index contributed by atoms with van der Waals surface area (Å²) >= 11 is 3.26. The molecule has 0 spiro atoms. The third-order valence-electron chi connectivity index (χ3n) is 3.53. The third-order valence-corrected chi connectivity index (χ3v) is 5.52. The highest BCUT2D eigenvalue weighted by atomic mass is 79.9. The van der Waals surface area contributed by atoms with Crippen molar-refractivity contribution < 1.29 is 26.0 Å². The van der Waals surface area contributed by atoms with Gasteiger partial charge in [0.2, 0.25) is 10.0 Å². The smallest absolute Gasteiger partial charge is 0.207 e. The molecule has 2 aromatic rings. The molecule has 0 aromatic heterocycles. The van der Waals surface area contributed by atoms with E-state index in [1.807, 2.05) is 0 Å². The Morgan fingerprint density at radius 3 is 2.32 bits per heavy atom. The van der Waals surface area contributed by atoms with Gasteiger partial charge in [0.1, 0.15) is 5.82 Å². The maximum Gasteiger partial charge on any atom is 0.416 e. The van der Waals surface area contributed by atoms with Gasteiger partial charge >= 0.3 is 6.18 Å².